The van der Waals surface area contributed by atoms with E-state index in [2.05, 4.69) is 67.5 Å². The van der Waals surface area contributed by atoms with Crippen LogP contribution in [0.25, 0.3) is 0 Å². The van der Waals surface area contributed by atoms with Gasteiger partial charge in [0.05, 0.1) is 0 Å². The molecule has 0 heterocycles. The molecule has 0 saturated heterocycles. The van der Waals surface area contributed by atoms with E-state index >= 15 is 0 Å². The maximum atomic E-state index is 6.54. The van der Waals surface area contributed by atoms with Crippen molar-refractivity contribution in [2.45, 2.75) is 78.4 Å². The van der Waals surface area contributed by atoms with Crippen LogP contribution in [0.2, 0.25) is 16.6 Å². The third-order valence-corrected chi connectivity index (χ3v) is 10.3. The van der Waals surface area contributed by atoms with Crippen molar-refractivity contribution in [2.24, 2.45) is 5.92 Å². The monoisotopic (exact) mass is 270 g/mol. The molecule has 18 heavy (non-hydrogen) atoms. The van der Waals surface area contributed by atoms with E-state index in [-0.39, 0.29) is 0 Å². The zero-order valence-electron chi connectivity index (χ0n) is 13.8. The zero-order chi connectivity index (χ0) is 14.3. The first kappa shape index (κ1) is 17.9. The van der Waals surface area contributed by atoms with E-state index in [0.717, 1.165) is 13.0 Å². The summed E-state index contributed by atoms with van der Waals surface area (Å²) in [4.78, 5) is 0. The lowest BCUT2D eigenvalue weighted by atomic mass is 10.1. The summed E-state index contributed by atoms with van der Waals surface area (Å²) in [6.07, 6.45) is 5.56. The molecule has 1 atom stereocenters. The minimum Gasteiger partial charge on any atom is -0.416 e. The fourth-order valence-corrected chi connectivity index (χ4v) is 8.82. The Bertz CT molecular complexity index is 222. The van der Waals surface area contributed by atoms with Gasteiger partial charge in [-0.2, -0.15) is 0 Å². The van der Waals surface area contributed by atoms with Gasteiger partial charge in [-0.25, -0.2) is 0 Å². The predicted molar refractivity (Wildman–Crippen MR) is 85.6 cm³/mol. The molecule has 0 bridgehead atoms. The fourth-order valence-electron chi connectivity index (χ4n) is 3.35. The normalized spacial score (nSPS) is 15.3. The molecule has 0 saturated carbocycles. The van der Waals surface area contributed by atoms with Crippen molar-refractivity contribution in [3.05, 3.63) is 12.2 Å². The Hall–Kier alpha value is -0.0831. The van der Waals surface area contributed by atoms with Crippen molar-refractivity contribution >= 4 is 8.32 Å². The lowest BCUT2D eigenvalue weighted by molar-refractivity contribution is 0.260. The van der Waals surface area contributed by atoms with Crippen LogP contribution in [-0.4, -0.2) is 14.9 Å². The minimum atomic E-state index is -1.64. The molecule has 0 aromatic carbocycles. The van der Waals surface area contributed by atoms with Crippen molar-refractivity contribution in [1.82, 2.24) is 0 Å². The van der Waals surface area contributed by atoms with Crippen molar-refractivity contribution < 1.29 is 4.43 Å². The SMILES string of the molecule is C/C=C\[C@@H](C)CCO[Si](C(C)C)(C(C)C)C(C)C. The van der Waals surface area contributed by atoms with Gasteiger partial charge in [-0.1, -0.05) is 60.6 Å². The molecule has 0 fully saturated rings. The van der Waals surface area contributed by atoms with Gasteiger partial charge in [0.2, 0.25) is 0 Å². The van der Waals surface area contributed by atoms with Crippen LogP contribution in [0.15, 0.2) is 12.2 Å². The molecule has 0 amide bonds. The van der Waals surface area contributed by atoms with Gasteiger partial charge in [0.25, 0.3) is 0 Å². The summed E-state index contributed by atoms with van der Waals surface area (Å²) < 4.78 is 6.54. The smallest absolute Gasteiger partial charge is 0.200 e. The van der Waals surface area contributed by atoms with Crippen LogP contribution in [0.4, 0.5) is 0 Å². The summed E-state index contributed by atoms with van der Waals surface area (Å²) in [6.45, 7) is 19.4. The Morgan fingerprint density at radius 3 is 1.67 bits per heavy atom. The van der Waals surface area contributed by atoms with E-state index in [1.807, 2.05) is 0 Å². The van der Waals surface area contributed by atoms with Crippen LogP contribution in [0, 0.1) is 5.92 Å². The lowest BCUT2D eigenvalue weighted by Crippen LogP contribution is -2.48. The highest BCUT2D eigenvalue weighted by Crippen LogP contribution is 2.42. The first-order valence-corrected chi connectivity index (χ1v) is 9.69. The first-order valence-electron chi connectivity index (χ1n) is 7.55. The maximum Gasteiger partial charge on any atom is 0.200 e. The molecule has 0 radical (unpaired) electrons. The Kier molecular flexibility index (Phi) is 8.12. The summed E-state index contributed by atoms with van der Waals surface area (Å²) in [7, 11) is -1.64. The summed E-state index contributed by atoms with van der Waals surface area (Å²) in [5, 5.41) is 0. The summed E-state index contributed by atoms with van der Waals surface area (Å²) in [6, 6.07) is 0. The first-order chi connectivity index (χ1) is 8.28. The number of rotatable bonds is 8. The molecule has 0 aliphatic heterocycles. The summed E-state index contributed by atoms with van der Waals surface area (Å²) in [5.41, 5.74) is 2.07. The summed E-state index contributed by atoms with van der Waals surface area (Å²) >= 11 is 0. The number of hydrogen-bond donors (Lipinski definition) is 0. The molecule has 0 spiro atoms. The lowest BCUT2D eigenvalue weighted by Gasteiger charge is -2.42. The topological polar surface area (TPSA) is 9.23 Å². The van der Waals surface area contributed by atoms with Gasteiger partial charge < -0.3 is 4.43 Å². The second-order valence-electron chi connectivity index (χ2n) is 6.46. The second kappa shape index (κ2) is 8.16. The van der Waals surface area contributed by atoms with E-state index in [0.29, 0.717) is 22.5 Å². The second-order valence-corrected chi connectivity index (χ2v) is 11.9. The molecule has 0 aromatic rings. The largest absolute Gasteiger partial charge is 0.416 e. The van der Waals surface area contributed by atoms with E-state index in [1.54, 1.807) is 0 Å². The quantitative estimate of drug-likeness (QED) is 0.401. The van der Waals surface area contributed by atoms with Crippen LogP contribution in [0.1, 0.15) is 61.8 Å². The molecular weight excluding hydrogens is 236 g/mol. The highest BCUT2D eigenvalue weighted by Gasteiger charge is 2.44. The highest BCUT2D eigenvalue weighted by molar-refractivity contribution is 6.77. The zero-order valence-corrected chi connectivity index (χ0v) is 14.8. The highest BCUT2D eigenvalue weighted by atomic mass is 28.4. The fraction of sp³-hybridized carbons (Fsp3) is 0.875. The average molecular weight is 271 g/mol. The minimum absolute atomic E-state index is 0.633. The Morgan fingerprint density at radius 2 is 1.33 bits per heavy atom. The molecule has 2 heteroatoms. The predicted octanol–water partition coefficient (Wildman–Crippen LogP) is 5.78. The third-order valence-electron chi connectivity index (χ3n) is 4.15. The van der Waals surface area contributed by atoms with Gasteiger partial charge in [0.1, 0.15) is 0 Å². The van der Waals surface area contributed by atoms with Crippen molar-refractivity contribution in [1.29, 1.82) is 0 Å². The molecule has 0 N–H and O–H groups in total. The Balaban J connectivity index is 4.61. The van der Waals surface area contributed by atoms with Crippen LogP contribution in [-0.2, 0) is 4.43 Å². The Labute approximate surface area is 116 Å². The average Bonchev–Trinajstić information content (AvgIpc) is 2.23. The van der Waals surface area contributed by atoms with Crippen molar-refractivity contribution in [3.8, 4) is 0 Å². The van der Waals surface area contributed by atoms with Crippen LogP contribution >= 0.6 is 0 Å². The number of hydrogen-bond acceptors (Lipinski definition) is 1. The van der Waals surface area contributed by atoms with Crippen molar-refractivity contribution in [2.75, 3.05) is 6.61 Å². The van der Waals surface area contributed by atoms with Gasteiger partial charge in [-0.05, 0) is 35.9 Å². The molecule has 0 aliphatic rings. The Morgan fingerprint density at radius 1 is 0.889 bits per heavy atom. The van der Waals surface area contributed by atoms with Gasteiger partial charge in [0.15, 0.2) is 8.32 Å². The molecule has 0 unspecified atom stereocenters. The number of allylic oxidation sites excluding steroid dienone is 2. The van der Waals surface area contributed by atoms with E-state index < -0.39 is 8.32 Å². The summed E-state index contributed by atoms with van der Waals surface area (Å²) in [5.74, 6) is 0.633. The third kappa shape index (κ3) is 4.54. The van der Waals surface area contributed by atoms with Gasteiger partial charge in [0, 0.05) is 6.61 Å². The standard InChI is InChI=1S/C16H34OSi/c1-9-10-16(8)11-12-17-18(13(2)3,14(4)5)15(6)7/h9-10,13-16H,11-12H2,1-8H3/b10-9-/t16-/m1/s1. The van der Waals surface area contributed by atoms with Gasteiger partial charge in [-0.15, -0.1) is 0 Å². The van der Waals surface area contributed by atoms with E-state index in [9.17, 15) is 0 Å². The molecule has 1 nitrogen and oxygen atoms in total. The van der Waals surface area contributed by atoms with E-state index in [1.165, 1.54) is 0 Å². The molecule has 108 valence electrons. The molecule has 0 rings (SSSR count). The van der Waals surface area contributed by atoms with Crippen molar-refractivity contribution in [3.63, 3.8) is 0 Å². The van der Waals surface area contributed by atoms with Crippen LogP contribution in [0.5, 0.6) is 0 Å². The van der Waals surface area contributed by atoms with Gasteiger partial charge in [-0.3, -0.25) is 0 Å². The molecule has 0 aromatic heterocycles. The maximum absolute atomic E-state index is 6.54. The van der Waals surface area contributed by atoms with Gasteiger partial charge >= 0.3 is 0 Å². The van der Waals surface area contributed by atoms with E-state index in [4.69, 9.17) is 4.43 Å². The van der Waals surface area contributed by atoms with Crippen LogP contribution in [0.3, 0.4) is 0 Å². The molecular formula is C16H34OSi. The molecule has 0 aliphatic carbocycles. The van der Waals surface area contributed by atoms with Crippen LogP contribution < -0.4 is 0 Å².